The Kier molecular flexibility index (Phi) is 48.5. The van der Waals surface area contributed by atoms with Crippen LogP contribution in [0.3, 0.4) is 0 Å². The molecule has 17 N–H and O–H groups in total. The number of imide groups is 1. The third-order valence-corrected chi connectivity index (χ3v) is 28.1. The number of thiol groups is 1. The van der Waals surface area contributed by atoms with Gasteiger partial charge in [0.1, 0.15) is 48.9 Å². The zero-order valence-electron chi connectivity index (χ0n) is 83.1. The predicted octanol–water partition coefficient (Wildman–Crippen LogP) is 5.17. The number of hydrogen-bond acceptors (Lipinski definition) is 32. The van der Waals surface area contributed by atoms with E-state index in [2.05, 4.69) is 68.3 Å². The number of aliphatic hydroxyl groups is 2. The number of ether oxygens (including phenoxy) is 4. The average molecular weight is 2100 g/mol. The van der Waals surface area contributed by atoms with Gasteiger partial charge in [0.15, 0.2) is 29.3 Å². The number of ketones is 2. The van der Waals surface area contributed by atoms with Crippen molar-refractivity contribution >= 4 is 142 Å². The number of likely N-dealkylation sites (tertiary alicyclic amines) is 1. The predicted molar refractivity (Wildman–Crippen MR) is 520 cm³/mol. The summed E-state index contributed by atoms with van der Waals surface area (Å²) in [7, 11) is -10.2. The highest BCUT2D eigenvalue weighted by Crippen LogP contribution is 2.61. The molecule has 48 nitrogen and oxygen atoms in total. The molecule has 7 rings (SSSR count). The molecule has 5 heterocycles. The second kappa shape index (κ2) is 57.1. The normalized spacial score (nSPS) is 19.2. The van der Waals surface area contributed by atoms with Gasteiger partial charge in [-0.05, 0) is 85.5 Å². The minimum absolute atomic E-state index is 0.0363. The summed E-state index contributed by atoms with van der Waals surface area (Å²) in [5, 5.41) is 47.0. The van der Waals surface area contributed by atoms with Gasteiger partial charge in [-0.1, -0.05) is 131 Å². The molecule has 0 aliphatic carbocycles. The minimum atomic E-state index is -5.54. The minimum Gasteiger partial charge on any atom is -0.480 e. The number of aliphatic hydroxyl groups excluding tert-OH is 2. The Morgan fingerprint density at radius 2 is 1.38 bits per heavy atom. The fourth-order valence-corrected chi connectivity index (χ4v) is 19.8. The maximum Gasteiger partial charge on any atom is 0.481 e. The summed E-state index contributed by atoms with van der Waals surface area (Å²) in [6, 6.07) is 10.5. The molecule has 52 heteroatoms. The number of urea groups is 1. The Morgan fingerprint density at radius 1 is 0.720 bits per heavy atom. The number of carbonyl (C=O) groups excluding carboxylic acids is 13. The maximum absolute atomic E-state index is 14.9. The van der Waals surface area contributed by atoms with Crippen molar-refractivity contribution in [1.29, 1.82) is 0 Å². The van der Waals surface area contributed by atoms with Gasteiger partial charge in [-0.3, -0.25) is 75.8 Å². The van der Waals surface area contributed by atoms with Crippen molar-refractivity contribution in [1.82, 2.24) is 65.7 Å². The van der Waals surface area contributed by atoms with Crippen LogP contribution in [0.1, 0.15) is 177 Å². The zero-order valence-corrected chi connectivity index (χ0v) is 86.7. The van der Waals surface area contributed by atoms with E-state index in [1.54, 1.807) is 100.0 Å². The molecule has 143 heavy (non-hydrogen) atoms. The summed E-state index contributed by atoms with van der Waals surface area (Å²) in [6.07, 6.45) is -3.15. The quantitative estimate of drug-likeness (QED) is 0.0117. The van der Waals surface area contributed by atoms with Crippen molar-refractivity contribution in [3.05, 3.63) is 90.5 Å². The second-order valence-electron chi connectivity index (χ2n) is 37.1. The van der Waals surface area contributed by atoms with E-state index in [0.29, 0.717) is 75.0 Å². The first-order valence-electron chi connectivity index (χ1n) is 47.0. The smallest absolute Gasteiger partial charge is 0.480 e. The van der Waals surface area contributed by atoms with E-state index in [0.717, 1.165) is 27.7 Å². The Morgan fingerprint density at radius 3 is 1.97 bits per heavy atom. The number of carbonyl (C=O) groups is 14. The molecule has 3 aliphatic rings. The molecular formula is C91H141N16O32P3S. The molecule has 0 spiro atoms. The first-order chi connectivity index (χ1) is 67.1. The van der Waals surface area contributed by atoms with Gasteiger partial charge in [0.05, 0.1) is 68.3 Å². The Bertz CT molecular complexity index is 5140. The third kappa shape index (κ3) is 37.4. The van der Waals surface area contributed by atoms with Crippen LogP contribution >= 0.6 is 36.1 Å². The number of amides is 12. The van der Waals surface area contributed by atoms with Crippen molar-refractivity contribution in [2.75, 3.05) is 91.1 Å². The highest BCUT2D eigenvalue weighted by molar-refractivity contribution is 7.80. The number of carboxylic acid groups (broad SMARTS) is 1. The van der Waals surface area contributed by atoms with E-state index in [-0.39, 0.29) is 153 Å². The van der Waals surface area contributed by atoms with Gasteiger partial charge in [0.2, 0.25) is 41.4 Å². The topological polar surface area (TPSA) is 686 Å². The van der Waals surface area contributed by atoms with E-state index in [9.17, 15) is 116 Å². The molecule has 2 aromatic carbocycles. The number of phosphoric ester groups is 3. The number of aliphatic carboxylic acids is 1. The van der Waals surface area contributed by atoms with E-state index in [4.69, 9.17) is 39.5 Å². The number of methoxy groups -OCH3 is 2. The fourth-order valence-electron chi connectivity index (χ4n) is 16.8. The molecule has 0 bridgehead atoms. The first kappa shape index (κ1) is 122. The number of phosphoric acid groups is 3. The number of imidazole rings is 1. The summed E-state index contributed by atoms with van der Waals surface area (Å²) in [5.41, 5.74) is 11.2. The molecular weight excluding hydrogens is 1950 g/mol. The summed E-state index contributed by atoms with van der Waals surface area (Å²) < 4.78 is 79.4. The van der Waals surface area contributed by atoms with E-state index in [1.807, 2.05) is 33.8 Å². The van der Waals surface area contributed by atoms with Gasteiger partial charge in [-0.25, -0.2) is 43.0 Å². The summed E-state index contributed by atoms with van der Waals surface area (Å²) in [5.74, 6) is -9.26. The molecule has 4 aromatic rings. The van der Waals surface area contributed by atoms with Crippen molar-refractivity contribution in [3.8, 4) is 0 Å². The number of nitrogen functional groups attached to an aromatic ring is 1. The number of nitrogens with two attached hydrogens (primary N) is 2. The van der Waals surface area contributed by atoms with Crippen LogP contribution in [0, 0.1) is 46.8 Å². The highest BCUT2D eigenvalue weighted by Gasteiger charge is 2.52. The molecule has 2 aromatic heterocycles. The zero-order chi connectivity index (χ0) is 107. The molecule has 3 aliphatic heterocycles. The number of hydrogen-bond donors (Lipinski definition) is 16. The van der Waals surface area contributed by atoms with Crippen LogP contribution in [-0.4, -0.2) is 304 Å². The lowest BCUT2D eigenvalue weighted by atomic mass is 9.83. The maximum atomic E-state index is 14.9. The average Bonchev–Trinajstić information content (AvgIpc) is 1.62. The van der Waals surface area contributed by atoms with Gasteiger partial charge in [0.25, 0.3) is 11.8 Å². The summed E-state index contributed by atoms with van der Waals surface area (Å²) in [6.45, 7) is 17.8. The summed E-state index contributed by atoms with van der Waals surface area (Å²) >= 11 is 3.95. The van der Waals surface area contributed by atoms with E-state index in [1.165, 1.54) is 52.2 Å². The molecule has 798 valence electrons. The van der Waals surface area contributed by atoms with Crippen LogP contribution in [-0.2, 0) is 121 Å². The number of primary amides is 1. The van der Waals surface area contributed by atoms with Gasteiger partial charge in [0, 0.05) is 134 Å². The number of anilines is 2. The Labute approximate surface area is 835 Å². The molecule has 18 unspecified atom stereocenters. The Balaban J connectivity index is 0.000000543. The third-order valence-electron chi connectivity index (χ3n) is 24.8. The van der Waals surface area contributed by atoms with Gasteiger partial charge < -0.3 is 112 Å². The summed E-state index contributed by atoms with van der Waals surface area (Å²) in [4.78, 5) is 240. The van der Waals surface area contributed by atoms with E-state index < -0.39 is 175 Å². The lowest BCUT2D eigenvalue weighted by Gasteiger charge is -2.41. The number of nitrogens with one attached hydrogen (secondary N) is 6. The van der Waals surface area contributed by atoms with Crippen LogP contribution in [0.4, 0.5) is 21.1 Å². The lowest BCUT2D eigenvalue weighted by Crippen LogP contribution is -2.55. The number of carboxylic acids is 1. The number of unbranched alkanes of at least 4 members (excludes halogenated alkanes) is 2. The van der Waals surface area contributed by atoms with Crippen molar-refractivity contribution in [2.45, 2.75) is 246 Å². The largest absolute Gasteiger partial charge is 0.481 e. The monoisotopic (exact) mass is 2090 g/mol. The number of aromatic nitrogens is 4. The van der Waals surface area contributed by atoms with Crippen LogP contribution in [0.15, 0.2) is 79.4 Å². The second-order valence-corrected chi connectivity index (χ2v) is 41.8. The van der Waals surface area contributed by atoms with Crippen molar-refractivity contribution < 1.29 is 153 Å². The Hall–Kier alpha value is -10.2. The lowest BCUT2D eigenvalue weighted by molar-refractivity contribution is -0.149. The fraction of sp³-hybridized carbons (Fsp3) is 0.637. The van der Waals surface area contributed by atoms with Crippen LogP contribution in [0.2, 0.25) is 0 Å². The number of likely N-dealkylation sites (N-methyl/N-ethyl adjacent to an activating group) is 2. The molecule has 12 amide bonds. The van der Waals surface area contributed by atoms with Crippen LogP contribution in [0.25, 0.3) is 11.2 Å². The molecule has 0 radical (unpaired) electrons. The number of rotatable bonds is 59. The van der Waals surface area contributed by atoms with Crippen molar-refractivity contribution in [3.63, 3.8) is 0 Å². The number of Topliss-reactive ketones (excluding diaryl/α,β-unsaturated/α-hetero) is 2. The van der Waals surface area contributed by atoms with Crippen LogP contribution < -0.4 is 43.4 Å². The van der Waals surface area contributed by atoms with Gasteiger partial charge >= 0.3 is 41.6 Å². The van der Waals surface area contributed by atoms with Crippen LogP contribution in [0.5, 0.6) is 0 Å². The van der Waals surface area contributed by atoms with E-state index >= 15 is 0 Å². The molecule has 2 fully saturated rings. The highest BCUT2D eigenvalue weighted by atomic mass is 32.1. The van der Waals surface area contributed by atoms with Gasteiger partial charge in [-0.2, -0.15) is 16.9 Å². The number of fused-ring (bicyclic) bond motifs is 1. The molecule has 0 saturated carbocycles. The number of benzene rings is 2. The standard InChI is InChI=1S/C70H105N9O16.C21H36N7O16P3S/c1-14-45(8)63(56(93-12)40-60(85)78-36-22-26-53(78)64(94-13)46(9)65(86)74-52(68(89)90)37-47-23-17-15-18-24-47)76(10)67(88)51(42(2)3)39-55(81)62(44(6)7)77(11)70(92)95-41-48-28-30-50(31-29-48)73-66(87)49(25-21-34-72-69(71)91)38-54(80)61(43(4)5)75-57(82)27-19-16-20-35-79-58(83)32-33-59(79)84;1-21(2,16(31)19(32)24-4-3-12(29)23-5-6-48)8-41-47(38,39)44-46(36,37)40-7-11-15(43-45(33,34)35)14(30)20(42-11)28-10-27-13-17(22)25-9-26-18(13)28/h15,17-18,23-24,28-33,42-46,49,51-53,56,61-64H,14,16,19-22,25-27,34-41H2,1-13H3,(H,73,87)(H,74,86)(H,75,82)(H,89,90)(H3,71,72,91);9-11,14-16,20,30-31,48H,3-8H2,1-2H3,(H,23,29)(H,24,32)(H,36,37)(H,38,39)(H2,22,25,26)(H2,33,34,35). The SMILES string of the molecule is CC(C)(COP(=O)(O)OP(=O)(O)OCC1OC(n2cnc3c(N)ncnc32)C(O)C1OP(=O)(O)O)C(O)C(=O)NCCC(=O)NCCS.CCC(C)C(C(CC(=O)N1CCCC1C(OC)C(C)C(=O)NC(Cc1ccccc1)C(=O)O)OC)N(C)C(=O)C(CC(=O)C(C(C)C)N(C)C(=O)OCc1ccc(NC(=O)C(CCCNC(N)=O)CC(=O)C(NC(=O)CCCCCN2C(=O)C=CC2=O)C(C)C)cc1)C(C)C. The van der Waals surface area contributed by atoms with Crippen molar-refractivity contribution in [2.24, 2.45) is 52.6 Å². The molecule has 2 saturated heterocycles. The molecule has 18 atom stereocenters. The first-order valence-corrected chi connectivity index (χ1v) is 52.2. The number of nitrogens with zero attached hydrogens (tertiary/aromatic N) is 8. The van der Waals surface area contributed by atoms with Gasteiger partial charge in [-0.15, -0.1) is 0 Å².